The second kappa shape index (κ2) is 5.14. The average molecular weight is 230 g/mol. The highest BCUT2D eigenvalue weighted by Crippen LogP contribution is 2.24. The Kier molecular flexibility index (Phi) is 4.41. The topological polar surface area (TPSA) is 24.9 Å². The van der Waals surface area contributed by atoms with Crippen molar-refractivity contribution in [1.82, 2.24) is 10.3 Å². The zero-order valence-electron chi connectivity index (χ0n) is 9.20. The second-order valence-corrected chi connectivity index (χ2v) is 6.94. The van der Waals surface area contributed by atoms with Gasteiger partial charge in [-0.25, -0.2) is 4.98 Å². The number of hydrogen-bond donors (Lipinski definition) is 1. The fourth-order valence-corrected chi connectivity index (χ4v) is 2.81. The van der Waals surface area contributed by atoms with E-state index in [2.05, 4.69) is 38.0 Å². The number of nitrogens with zero attached hydrogens (tertiary/aromatic N) is 1. The van der Waals surface area contributed by atoms with Crippen LogP contribution in [0.2, 0.25) is 0 Å². The minimum atomic E-state index is 0.206. The fraction of sp³-hybridized carbons (Fsp3) is 0.700. The van der Waals surface area contributed by atoms with E-state index in [1.165, 1.54) is 0 Å². The van der Waals surface area contributed by atoms with Crippen LogP contribution in [0, 0.1) is 0 Å². The zero-order chi connectivity index (χ0) is 10.6. The summed E-state index contributed by atoms with van der Waals surface area (Å²) in [5.74, 6) is 0. The van der Waals surface area contributed by atoms with Gasteiger partial charge in [0.2, 0.25) is 0 Å². The first kappa shape index (κ1) is 12.0. The van der Waals surface area contributed by atoms with Crippen LogP contribution in [-0.2, 0) is 0 Å². The van der Waals surface area contributed by atoms with Gasteiger partial charge in [0.25, 0.3) is 0 Å². The number of thioether (sulfide) groups is 1. The molecule has 1 aromatic heterocycles. The van der Waals surface area contributed by atoms with Gasteiger partial charge >= 0.3 is 0 Å². The van der Waals surface area contributed by atoms with Crippen LogP contribution in [0.5, 0.6) is 0 Å². The standard InChI is InChI=1S/C10H18N2S2/c1-8(7-12-10(2,3)4)14-9-11-5-6-13-9/h5-6,8,12H,7H2,1-4H3. The van der Waals surface area contributed by atoms with Crippen molar-refractivity contribution in [2.45, 2.75) is 42.8 Å². The second-order valence-electron chi connectivity index (χ2n) is 4.36. The Morgan fingerprint density at radius 1 is 1.57 bits per heavy atom. The van der Waals surface area contributed by atoms with Gasteiger partial charge in [-0.05, 0) is 20.8 Å². The van der Waals surface area contributed by atoms with Crippen LogP contribution >= 0.6 is 23.1 Å². The van der Waals surface area contributed by atoms with Crippen LogP contribution in [0.4, 0.5) is 0 Å². The highest BCUT2D eigenvalue weighted by atomic mass is 32.2. The third kappa shape index (κ3) is 4.98. The minimum absolute atomic E-state index is 0.206. The van der Waals surface area contributed by atoms with E-state index in [1.54, 1.807) is 11.3 Å². The third-order valence-corrected chi connectivity index (χ3v) is 3.65. The highest BCUT2D eigenvalue weighted by Gasteiger charge is 2.12. The molecule has 1 unspecified atom stereocenters. The van der Waals surface area contributed by atoms with E-state index in [0.29, 0.717) is 5.25 Å². The van der Waals surface area contributed by atoms with Crippen molar-refractivity contribution in [2.75, 3.05) is 6.54 Å². The van der Waals surface area contributed by atoms with Gasteiger partial charge in [0.1, 0.15) is 4.34 Å². The van der Waals surface area contributed by atoms with E-state index in [0.717, 1.165) is 10.9 Å². The highest BCUT2D eigenvalue weighted by molar-refractivity contribution is 8.01. The van der Waals surface area contributed by atoms with E-state index >= 15 is 0 Å². The Morgan fingerprint density at radius 2 is 2.29 bits per heavy atom. The number of thiazole rings is 1. The van der Waals surface area contributed by atoms with Crippen molar-refractivity contribution in [1.29, 1.82) is 0 Å². The van der Waals surface area contributed by atoms with E-state index < -0.39 is 0 Å². The molecule has 0 aliphatic carbocycles. The molecule has 14 heavy (non-hydrogen) atoms. The maximum Gasteiger partial charge on any atom is 0.150 e. The van der Waals surface area contributed by atoms with Crippen molar-refractivity contribution in [3.05, 3.63) is 11.6 Å². The van der Waals surface area contributed by atoms with Crippen LogP contribution in [0.15, 0.2) is 15.9 Å². The fourth-order valence-electron chi connectivity index (χ4n) is 0.932. The lowest BCUT2D eigenvalue weighted by Gasteiger charge is -2.22. The Bertz CT molecular complexity index is 252. The normalized spacial score (nSPS) is 14.3. The van der Waals surface area contributed by atoms with Crippen molar-refractivity contribution in [3.63, 3.8) is 0 Å². The molecule has 4 heteroatoms. The molecule has 2 nitrogen and oxygen atoms in total. The lowest BCUT2D eigenvalue weighted by Crippen LogP contribution is -2.39. The Balaban J connectivity index is 2.26. The van der Waals surface area contributed by atoms with Gasteiger partial charge in [-0.15, -0.1) is 11.3 Å². The zero-order valence-corrected chi connectivity index (χ0v) is 10.8. The van der Waals surface area contributed by atoms with Gasteiger partial charge in [-0.2, -0.15) is 0 Å². The molecule has 80 valence electrons. The van der Waals surface area contributed by atoms with E-state index in [9.17, 15) is 0 Å². The summed E-state index contributed by atoms with van der Waals surface area (Å²) < 4.78 is 1.16. The molecule has 0 radical (unpaired) electrons. The SMILES string of the molecule is CC(CNC(C)(C)C)Sc1nccs1. The Labute approximate surface area is 94.5 Å². The molecule has 0 spiro atoms. The summed E-state index contributed by atoms with van der Waals surface area (Å²) in [6, 6.07) is 0. The molecule has 1 rings (SSSR count). The molecule has 1 N–H and O–H groups in total. The summed E-state index contributed by atoms with van der Waals surface area (Å²) in [5, 5.41) is 6.08. The van der Waals surface area contributed by atoms with E-state index in [1.807, 2.05) is 23.3 Å². The summed E-state index contributed by atoms with van der Waals surface area (Å²) >= 11 is 3.54. The molecule has 0 fully saturated rings. The largest absolute Gasteiger partial charge is 0.311 e. The molecular weight excluding hydrogens is 212 g/mol. The number of rotatable bonds is 4. The minimum Gasteiger partial charge on any atom is -0.311 e. The van der Waals surface area contributed by atoms with Crippen LogP contribution in [0.3, 0.4) is 0 Å². The molecule has 0 aliphatic rings. The van der Waals surface area contributed by atoms with Crippen molar-refractivity contribution in [3.8, 4) is 0 Å². The lowest BCUT2D eigenvalue weighted by atomic mass is 10.1. The monoisotopic (exact) mass is 230 g/mol. The molecule has 0 aromatic carbocycles. The molecule has 0 amide bonds. The summed E-state index contributed by atoms with van der Waals surface area (Å²) in [7, 11) is 0. The molecule has 0 aliphatic heterocycles. The molecular formula is C10H18N2S2. The van der Waals surface area contributed by atoms with Gasteiger partial charge in [-0.3, -0.25) is 0 Å². The molecule has 0 saturated heterocycles. The van der Waals surface area contributed by atoms with E-state index in [-0.39, 0.29) is 5.54 Å². The number of nitrogens with one attached hydrogen (secondary N) is 1. The average Bonchev–Trinajstić information content (AvgIpc) is 2.52. The Hall–Kier alpha value is -0.0600. The van der Waals surface area contributed by atoms with Gasteiger partial charge in [0.05, 0.1) is 0 Å². The smallest absolute Gasteiger partial charge is 0.150 e. The quantitative estimate of drug-likeness (QED) is 0.805. The van der Waals surface area contributed by atoms with Crippen molar-refractivity contribution >= 4 is 23.1 Å². The van der Waals surface area contributed by atoms with Crippen molar-refractivity contribution < 1.29 is 0 Å². The van der Waals surface area contributed by atoms with Gasteiger partial charge in [-0.1, -0.05) is 18.7 Å². The molecule has 1 atom stereocenters. The maximum atomic E-state index is 4.25. The number of hydrogen-bond acceptors (Lipinski definition) is 4. The van der Waals surface area contributed by atoms with Crippen LogP contribution in [-0.4, -0.2) is 22.3 Å². The summed E-state index contributed by atoms with van der Waals surface area (Å²) in [6.07, 6.45) is 1.86. The van der Waals surface area contributed by atoms with Crippen LogP contribution in [0.25, 0.3) is 0 Å². The summed E-state index contributed by atoms with van der Waals surface area (Å²) in [5.41, 5.74) is 0.206. The molecule has 1 heterocycles. The maximum absolute atomic E-state index is 4.25. The number of aromatic nitrogens is 1. The first-order chi connectivity index (χ1) is 6.47. The van der Waals surface area contributed by atoms with Gasteiger partial charge in [0.15, 0.2) is 0 Å². The summed E-state index contributed by atoms with van der Waals surface area (Å²) in [4.78, 5) is 4.25. The lowest BCUT2D eigenvalue weighted by molar-refractivity contribution is 0.429. The summed E-state index contributed by atoms with van der Waals surface area (Å²) in [6.45, 7) is 9.81. The van der Waals surface area contributed by atoms with Gasteiger partial charge in [0, 0.05) is 28.9 Å². The molecule has 1 aromatic rings. The van der Waals surface area contributed by atoms with Crippen LogP contribution in [0.1, 0.15) is 27.7 Å². The van der Waals surface area contributed by atoms with E-state index in [4.69, 9.17) is 0 Å². The van der Waals surface area contributed by atoms with Crippen LogP contribution < -0.4 is 5.32 Å². The molecule has 0 bridgehead atoms. The predicted octanol–water partition coefficient (Wildman–Crippen LogP) is 3.01. The third-order valence-electron chi connectivity index (χ3n) is 1.63. The van der Waals surface area contributed by atoms with Crippen molar-refractivity contribution in [2.24, 2.45) is 0 Å². The Morgan fingerprint density at radius 3 is 2.79 bits per heavy atom. The first-order valence-corrected chi connectivity index (χ1v) is 6.54. The van der Waals surface area contributed by atoms with Gasteiger partial charge < -0.3 is 5.32 Å². The predicted molar refractivity (Wildman–Crippen MR) is 65.2 cm³/mol. The first-order valence-electron chi connectivity index (χ1n) is 4.78. The molecule has 0 saturated carbocycles.